The number of rotatable bonds is 2. The van der Waals surface area contributed by atoms with Gasteiger partial charge in [-0.1, -0.05) is 0 Å². The third kappa shape index (κ3) is 4.82. The Labute approximate surface area is 165 Å². The number of hydrogen-bond donors (Lipinski definition) is 1. The van der Waals surface area contributed by atoms with Crippen molar-refractivity contribution in [3.63, 3.8) is 0 Å². The molecule has 2 rings (SSSR count). The van der Waals surface area contributed by atoms with Gasteiger partial charge in [0.25, 0.3) is 0 Å². The van der Waals surface area contributed by atoms with Gasteiger partial charge in [0.05, 0.1) is 22.1 Å². The van der Waals surface area contributed by atoms with Gasteiger partial charge < -0.3 is 10.2 Å². The van der Waals surface area contributed by atoms with E-state index in [0.717, 1.165) is 0 Å². The highest BCUT2D eigenvalue weighted by Crippen LogP contribution is 2.23. The summed E-state index contributed by atoms with van der Waals surface area (Å²) < 4.78 is 37.2. The molecule has 0 radical (unpaired) electrons. The molecule has 0 spiro atoms. The third-order valence-corrected chi connectivity index (χ3v) is 6.70. The normalized spacial score (nSPS) is 18.8. The van der Waals surface area contributed by atoms with E-state index in [1.165, 1.54) is 18.2 Å². The predicted molar refractivity (Wildman–Crippen MR) is 106 cm³/mol. The van der Waals surface area contributed by atoms with Crippen molar-refractivity contribution >= 4 is 39.8 Å². The molecule has 1 aromatic rings. The number of nitrogens with one attached hydrogen (secondary N) is 1. The maximum atomic E-state index is 13.8. The molecule has 1 saturated heterocycles. The molecule has 6 nitrogen and oxygen atoms in total. The molecule has 1 aromatic carbocycles. The Kier molecular flexibility index (Phi) is 7.19. The zero-order valence-corrected chi connectivity index (χ0v) is 17.6. The molecule has 1 heterocycles. The topological polar surface area (TPSA) is 85.6 Å². The highest BCUT2D eigenvalue weighted by atomic mass is 127. The van der Waals surface area contributed by atoms with E-state index in [2.05, 4.69) is 10.3 Å². The van der Waals surface area contributed by atoms with Crippen molar-refractivity contribution in [3.05, 3.63) is 35.1 Å². The first-order valence-electron chi connectivity index (χ1n) is 7.56. The second-order valence-electron chi connectivity index (χ2n) is 6.32. The molecule has 0 amide bonds. The Morgan fingerprint density at radius 2 is 2.16 bits per heavy atom. The molecule has 1 fully saturated rings. The maximum Gasteiger partial charge on any atom is 0.193 e. The van der Waals surface area contributed by atoms with Crippen molar-refractivity contribution < 1.29 is 12.8 Å². The zero-order valence-electron chi connectivity index (χ0n) is 14.4. The molecule has 0 bridgehead atoms. The lowest BCUT2D eigenvalue weighted by atomic mass is 10.1. The SMILES string of the molecule is CN=C(NCc1cc(C#N)ccc1F)N1CCS(=O)(=O)C(C)(C)C1.I. The molecule has 1 aliphatic heterocycles. The van der Waals surface area contributed by atoms with Crippen molar-refractivity contribution in [1.82, 2.24) is 10.2 Å². The molecule has 9 heteroatoms. The number of hydrogen-bond acceptors (Lipinski definition) is 4. The van der Waals surface area contributed by atoms with Crippen molar-refractivity contribution in [1.29, 1.82) is 5.26 Å². The summed E-state index contributed by atoms with van der Waals surface area (Å²) >= 11 is 0. The van der Waals surface area contributed by atoms with Gasteiger partial charge in [-0.2, -0.15) is 5.26 Å². The molecule has 0 aliphatic carbocycles. The first-order chi connectivity index (χ1) is 11.2. The first-order valence-corrected chi connectivity index (χ1v) is 9.22. The summed E-state index contributed by atoms with van der Waals surface area (Å²) in [5, 5.41) is 11.9. The summed E-state index contributed by atoms with van der Waals surface area (Å²) in [4.78, 5) is 6.02. The van der Waals surface area contributed by atoms with Crippen LogP contribution in [-0.4, -0.2) is 49.9 Å². The molecule has 138 valence electrons. The first kappa shape index (κ1) is 21.6. The van der Waals surface area contributed by atoms with Gasteiger partial charge in [0.1, 0.15) is 5.82 Å². The molecular weight excluding hydrogens is 458 g/mol. The fourth-order valence-corrected chi connectivity index (χ4v) is 3.98. The van der Waals surface area contributed by atoms with Crippen LogP contribution in [0.1, 0.15) is 25.0 Å². The van der Waals surface area contributed by atoms with Crippen molar-refractivity contribution in [2.75, 3.05) is 25.9 Å². The van der Waals surface area contributed by atoms with Crippen LogP contribution in [0.5, 0.6) is 0 Å². The largest absolute Gasteiger partial charge is 0.352 e. The number of aliphatic imine (C=N–C) groups is 1. The summed E-state index contributed by atoms with van der Waals surface area (Å²) in [6.07, 6.45) is 0. The minimum Gasteiger partial charge on any atom is -0.352 e. The van der Waals surface area contributed by atoms with Gasteiger partial charge in [-0.25, -0.2) is 12.8 Å². The van der Waals surface area contributed by atoms with Gasteiger partial charge >= 0.3 is 0 Å². The Bertz CT molecular complexity index is 803. The molecule has 1 N–H and O–H groups in total. The summed E-state index contributed by atoms with van der Waals surface area (Å²) in [6, 6.07) is 6.15. The lowest BCUT2D eigenvalue weighted by Crippen LogP contribution is -2.57. The summed E-state index contributed by atoms with van der Waals surface area (Å²) in [6.45, 7) is 4.20. The number of benzene rings is 1. The van der Waals surface area contributed by atoms with Crippen LogP contribution in [0.15, 0.2) is 23.2 Å². The Hall–Kier alpha value is -1.41. The van der Waals surface area contributed by atoms with E-state index in [1.807, 2.05) is 11.0 Å². The Morgan fingerprint density at radius 3 is 2.72 bits per heavy atom. The highest BCUT2D eigenvalue weighted by Gasteiger charge is 2.40. The highest BCUT2D eigenvalue weighted by molar-refractivity contribution is 14.0. The Morgan fingerprint density at radius 1 is 1.48 bits per heavy atom. The van der Waals surface area contributed by atoms with Crippen LogP contribution in [0.4, 0.5) is 4.39 Å². The number of halogens is 2. The van der Waals surface area contributed by atoms with E-state index in [1.54, 1.807) is 20.9 Å². The predicted octanol–water partition coefficient (Wildman–Crippen LogP) is 1.90. The monoisotopic (exact) mass is 480 g/mol. The minimum atomic E-state index is -3.14. The van der Waals surface area contributed by atoms with Crippen LogP contribution >= 0.6 is 24.0 Å². The van der Waals surface area contributed by atoms with Gasteiger partial charge in [0.2, 0.25) is 0 Å². The van der Waals surface area contributed by atoms with Crippen molar-refractivity contribution in [2.45, 2.75) is 25.1 Å². The Balaban J connectivity index is 0.00000312. The summed E-state index contributed by atoms with van der Waals surface area (Å²) in [5.74, 6) is 0.164. The second kappa shape index (κ2) is 8.31. The number of nitriles is 1. The van der Waals surface area contributed by atoms with Crippen LogP contribution < -0.4 is 5.32 Å². The van der Waals surface area contributed by atoms with Crippen molar-refractivity contribution in [3.8, 4) is 6.07 Å². The molecule has 0 aromatic heterocycles. The molecule has 0 saturated carbocycles. The molecule has 25 heavy (non-hydrogen) atoms. The fraction of sp³-hybridized carbons (Fsp3) is 0.500. The number of sulfone groups is 1. The quantitative estimate of drug-likeness (QED) is 0.397. The van der Waals surface area contributed by atoms with Gasteiger partial charge in [0, 0.05) is 32.2 Å². The van der Waals surface area contributed by atoms with Gasteiger partial charge in [-0.15, -0.1) is 24.0 Å². The van der Waals surface area contributed by atoms with Crippen molar-refractivity contribution in [2.24, 2.45) is 4.99 Å². The number of guanidine groups is 1. The average Bonchev–Trinajstić information content (AvgIpc) is 2.53. The average molecular weight is 480 g/mol. The van der Waals surface area contributed by atoms with E-state index in [0.29, 0.717) is 30.2 Å². The van der Waals surface area contributed by atoms with Gasteiger partial charge in [-0.05, 0) is 32.0 Å². The lowest BCUT2D eigenvalue weighted by molar-refractivity contribution is 0.353. The third-order valence-electron chi connectivity index (χ3n) is 4.17. The van der Waals surface area contributed by atoms with E-state index in [9.17, 15) is 12.8 Å². The molecule has 0 atom stereocenters. The van der Waals surface area contributed by atoms with Gasteiger partial charge in [-0.3, -0.25) is 4.99 Å². The zero-order chi connectivity index (χ0) is 18.0. The smallest absolute Gasteiger partial charge is 0.193 e. The maximum absolute atomic E-state index is 13.8. The fourth-order valence-electron chi connectivity index (χ4n) is 2.61. The van der Waals surface area contributed by atoms with Crippen LogP contribution in [-0.2, 0) is 16.4 Å². The standard InChI is InChI=1S/C16H21FN4O2S.HI/c1-16(2)11-21(6-7-24(16,22)23)15(19-3)20-10-13-8-12(9-18)4-5-14(13)17;/h4-5,8H,6-7,10-11H2,1-3H3,(H,19,20);1H. The van der Waals surface area contributed by atoms with E-state index in [-0.39, 0.29) is 36.3 Å². The molecular formula is C16H22FIN4O2S. The minimum absolute atomic E-state index is 0. The van der Waals surface area contributed by atoms with Crippen LogP contribution in [0, 0.1) is 17.1 Å². The van der Waals surface area contributed by atoms with E-state index >= 15 is 0 Å². The lowest BCUT2D eigenvalue weighted by Gasteiger charge is -2.39. The van der Waals surface area contributed by atoms with Crippen LogP contribution in [0.25, 0.3) is 0 Å². The molecule has 0 unspecified atom stereocenters. The summed E-state index contributed by atoms with van der Waals surface area (Å²) in [7, 11) is -1.54. The van der Waals surface area contributed by atoms with E-state index < -0.39 is 20.4 Å². The van der Waals surface area contributed by atoms with Crippen LogP contribution in [0.2, 0.25) is 0 Å². The summed E-state index contributed by atoms with van der Waals surface area (Å²) in [5.41, 5.74) is 0.743. The van der Waals surface area contributed by atoms with Crippen LogP contribution in [0.3, 0.4) is 0 Å². The molecule has 1 aliphatic rings. The van der Waals surface area contributed by atoms with Gasteiger partial charge in [0.15, 0.2) is 15.8 Å². The second-order valence-corrected chi connectivity index (χ2v) is 9.06. The van der Waals surface area contributed by atoms with E-state index in [4.69, 9.17) is 5.26 Å². The number of nitrogens with zero attached hydrogens (tertiary/aromatic N) is 3.